The second-order valence-electron chi connectivity index (χ2n) is 7.89. The summed E-state index contributed by atoms with van der Waals surface area (Å²) in [7, 11) is 0. The normalized spacial score (nSPS) is 21.0. The molecule has 6 N–H and O–H groups in total. The fraction of sp³-hybridized carbons (Fsp3) is 0.500. The van der Waals surface area contributed by atoms with Crippen LogP contribution in [0, 0.1) is 18.8 Å². The molecule has 12 heteroatoms. The summed E-state index contributed by atoms with van der Waals surface area (Å²) in [6.45, 7) is 2.43. The highest BCUT2D eigenvalue weighted by Crippen LogP contribution is 2.29. The lowest BCUT2D eigenvalue weighted by atomic mass is 9.86. The number of hydrogen-bond donors (Lipinski definition) is 5. The molecule has 0 saturated heterocycles. The van der Waals surface area contributed by atoms with E-state index in [0.717, 1.165) is 16.9 Å². The number of nitrogens with zero attached hydrogens (tertiary/aromatic N) is 2. The number of carboxylic acids is 2. The summed E-state index contributed by atoms with van der Waals surface area (Å²) < 4.78 is 0. The van der Waals surface area contributed by atoms with Crippen molar-refractivity contribution in [3.8, 4) is 0 Å². The summed E-state index contributed by atoms with van der Waals surface area (Å²) in [4.78, 5) is 56.5. The van der Waals surface area contributed by atoms with Crippen molar-refractivity contribution in [2.24, 2.45) is 27.6 Å². The molecule has 0 spiro atoms. The number of aliphatic imine (C=N–C) groups is 2. The van der Waals surface area contributed by atoms with E-state index in [1.54, 1.807) is 6.07 Å². The zero-order chi connectivity index (χ0) is 23.4. The number of rotatable bonds is 9. The molecule has 32 heavy (non-hydrogen) atoms. The molecule has 172 valence electrons. The van der Waals surface area contributed by atoms with Crippen molar-refractivity contribution in [2.45, 2.75) is 45.1 Å². The maximum Gasteiger partial charge on any atom is 0.326 e. The number of aryl methyl sites for hydroxylation is 2. The van der Waals surface area contributed by atoms with Crippen LogP contribution in [0.1, 0.15) is 45.8 Å². The van der Waals surface area contributed by atoms with Gasteiger partial charge < -0.3 is 21.3 Å². The van der Waals surface area contributed by atoms with E-state index in [0.29, 0.717) is 30.1 Å². The van der Waals surface area contributed by atoms with Gasteiger partial charge in [0.2, 0.25) is 11.9 Å². The van der Waals surface area contributed by atoms with E-state index in [4.69, 9.17) is 10.8 Å². The number of hydrogen-bond acceptors (Lipinski definition) is 8. The standard InChI is InChI=1S/C20H25N5O6S/c1-9-6-14(18(29)23-12(19(30)31)3-5-15(26)27)32-13(9)4-2-10-7-11-16(22-8-10)24-20(21)25-17(11)28/h6,10-12H,2-5,7-8H2,1H3,(H,23,29)(H,26,27)(H,30,31)(H3,21,22,24,25,28)/t10-,11?,12-/m0/s1. The molecular formula is C20H25N5O6S. The van der Waals surface area contributed by atoms with Crippen LogP contribution in [0.25, 0.3) is 0 Å². The molecule has 3 heterocycles. The molecule has 1 aromatic rings. The van der Waals surface area contributed by atoms with E-state index in [-0.39, 0.29) is 30.6 Å². The zero-order valence-corrected chi connectivity index (χ0v) is 18.3. The van der Waals surface area contributed by atoms with E-state index >= 15 is 0 Å². The van der Waals surface area contributed by atoms with Gasteiger partial charge in [0.1, 0.15) is 11.9 Å². The van der Waals surface area contributed by atoms with Gasteiger partial charge >= 0.3 is 11.9 Å². The van der Waals surface area contributed by atoms with Gasteiger partial charge in [-0.3, -0.25) is 24.7 Å². The van der Waals surface area contributed by atoms with E-state index in [9.17, 15) is 24.3 Å². The number of fused-ring (bicyclic) bond motifs is 1. The molecular weight excluding hydrogens is 438 g/mol. The van der Waals surface area contributed by atoms with E-state index < -0.39 is 29.8 Å². The minimum atomic E-state index is -1.27. The Hall–Kier alpha value is -3.28. The summed E-state index contributed by atoms with van der Waals surface area (Å²) >= 11 is 1.28. The lowest BCUT2D eigenvalue weighted by Crippen LogP contribution is -2.49. The van der Waals surface area contributed by atoms with Gasteiger partial charge in [-0.05, 0) is 50.2 Å². The minimum Gasteiger partial charge on any atom is -0.481 e. The Bertz CT molecular complexity index is 1000. The number of carbonyl (C=O) groups excluding carboxylic acids is 2. The van der Waals surface area contributed by atoms with Gasteiger partial charge in [-0.2, -0.15) is 4.99 Å². The van der Waals surface area contributed by atoms with Crippen molar-refractivity contribution >= 4 is 46.9 Å². The molecule has 0 fully saturated rings. The highest BCUT2D eigenvalue weighted by molar-refractivity contribution is 7.14. The van der Waals surface area contributed by atoms with Gasteiger partial charge in [0.25, 0.3) is 5.91 Å². The van der Waals surface area contributed by atoms with E-state index in [2.05, 4.69) is 20.6 Å². The first-order valence-electron chi connectivity index (χ1n) is 10.2. The van der Waals surface area contributed by atoms with Crippen molar-refractivity contribution in [3.63, 3.8) is 0 Å². The second kappa shape index (κ2) is 9.90. The van der Waals surface area contributed by atoms with Gasteiger partial charge in [-0.15, -0.1) is 11.3 Å². The van der Waals surface area contributed by atoms with Crippen LogP contribution in [0.4, 0.5) is 0 Å². The first-order valence-corrected chi connectivity index (χ1v) is 11.0. The van der Waals surface area contributed by atoms with Crippen LogP contribution in [0.2, 0.25) is 0 Å². The highest BCUT2D eigenvalue weighted by atomic mass is 32.1. The molecule has 0 radical (unpaired) electrons. The molecule has 2 aliphatic heterocycles. The van der Waals surface area contributed by atoms with Crippen LogP contribution in [0.3, 0.4) is 0 Å². The number of carbonyl (C=O) groups is 4. The average molecular weight is 464 g/mol. The molecule has 11 nitrogen and oxygen atoms in total. The number of nitrogens with two attached hydrogens (primary N) is 1. The van der Waals surface area contributed by atoms with Crippen molar-refractivity contribution in [2.75, 3.05) is 6.54 Å². The Balaban J connectivity index is 1.59. The summed E-state index contributed by atoms with van der Waals surface area (Å²) in [5, 5.41) is 22.9. The number of guanidine groups is 1. The Morgan fingerprint density at radius 3 is 2.81 bits per heavy atom. The summed E-state index contributed by atoms with van der Waals surface area (Å²) in [6.07, 6.45) is 1.55. The van der Waals surface area contributed by atoms with Crippen molar-refractivity contribution < 1.29 is 29.4 Å². The first kappa shape index (κ1) is 23.4. The van der Waals surface area contributed by atoms with Crippen molar-refractivity contribution in [3.05, 3.63) is 21.4 Å². The van der Waals surface area contributed by atoms with E-state index in [1.165, 1.54) is 11.3 Å². The SMILES string of the molecule is Cc1cc(C(=O)N[C@@H](CCC(=O)O)C(=O)O)sc1CC[C@@H]1CN=C2N=C(N)NC(=O)C2C1. The lowest BCUT2D eigenvalue weighted by molar-refractivity contribution is -0.140. The van der Waals surface area contributed by atoms with Crippen molar-refractivity contribution in [1.82, 2.24) is 10.6 Å². The van der Waals surface area contributed by atoms with Crippen LogP contribution in [0.5, 0.6) is 0 Å². The Morgan fingerprint density at radius 1 is 1.38 bits per heavy atom. The predicted octanol–water partition coefficient (Wildman–Crippen LogP) is 0.516. The highest BCUT2D eigenvalue weighted by Gasteiger charge is 2.34. The monoisotopic (exact) mass is 463 g/mol. The average Bonchev–Trinajstić information content (AvgIpc) is 3.10. The topological polar surface area (TPSA) is 184 Å². The lowest BCUT2D eigenvalue weighted by Gasteiger charge is -2.29. The largest absolute Gasteiger partial charge is 0.481 e. The number of thiophene rings is 1. The van der Waals surface area contributed by atoms with Crippen molar-refractivity contribution in [1.29, 1.82) is 0 Å². The van der Waals surface area contributed by atoms with Gasteiger partial charge in [-0.25, -0.2) is 4.79 Å². The van der Waals surface area contributed by atoms with Gasteiger partial charge in [0.05, 0.1) is 10.8 Å². The molecule has 0 bridgehead atoms. The van der Waals surface area contributed by atoms with Gasteiger partial charge in [-0.1, -0.05) is 0 Å². The zero-order valence-electron chi connectivity index (χ0n) is 17.5. The number of amides is 2. The van der Waals surface area contributed by atoms with Crippen LogP contribution in [0.15, 0.2) is 16.1 Å². The maximum atomic E-state index is 12.5. The molecule has 1 unspecified atom stereocenters. The quantitative estimate of drug-likeness (QED) is 0.353. The second-order valence-corrected chi connectivity index (χ2v) is 9.03. The molecule has 2 amide bonds. The summed E-state index contributed by atoms with van der Waals surface area (Å²) in [5.74, 6) is -2.79. The fourth-order valence-electron chi connectivity index (χ4n) is 3.73. The molecule has 2 aliphatic rings. The molecule has 3 atom stereocenters. The Labute approximate surface area is 187 Å². The molecule has 0 aromatic carbocycles. The summed E-state index contributed by atoms with van der Waals surface area (Å²) in [5.41, 5.74) is 6.49. The third kappa shape index (κ3) is 5.69. The Morgan fingerprint density at radius 2 is 2.12 bits per heavy atom. The Kier molecular flexibility index (Phi) is 7.23. The molecule has 1 aromatic heterocycles. The third-order valence-corrected chi connectivity index (χ3v) is 6.76. The predicted molar refractivity (Wildman–Crippen MR) is 117 cm³/mol. The first-order chi connectivity index (χ1) is 15.1. The molecule has 3 rings (SSSR count). The minimum absolute atomic E-state index is 0.0663. The third-order valence-electron chi connectivity index (χ3n) is 5.47. The summed E-state index contributed by atoms with van der Waals surface area (Å²) in [6, 6.07) is 0.436. The fourth-order valence-corrected chi connectivity index (χ4v) is 4.82. The van der Waals surface area contributed by atoms with Crippen LogP contribution in [-0.2, 0) is 20.8 Å². The number of carboxylic acid groups (broad SMARTS) is 2. The smallest absolute Gasteiger partial charge is 0.326 e. The van der Waals surface area contributed by atoms with Crippen LogP contribution in [-0.4, -0.2) is 58.3 Å². The van der Waals surface area contributed by atoms with Gasteiger partial charge in [0.15, 0.2) is 0 Å². The molecule has 0 aliphatic carbocycles. The number of amidine groups is 1. The van der Waals surface area contributed by atoms with Gasteiger partial charge in [0, 0.05) is 17.8 Å². The maximum absolute atomic E-state index is 12.5. The van der Waals surface area contributed by atoms with Crippen LogP contribution >= 0.6 is 11.3 Å². The number of nitrogens with one attached hydrogen (secondary N) is 2. The van der Waals surface area contributed by atoms with Crippen LogP contribution < -0.4 is 16.4 Å². The molecule has 0 saturated carbocycles. The number of aliphatic carboxylic acids is 2. The van der Waals surface area contributed by atoms with E-state index in [1.807, 2.05) is 6.92 Å².